The number of primary amides is 1. The highest BCUT2D eigenvalue weighted by atomic mass is 16.2. The molecule has 1 unspecified atom stereocenters. The van der Waals surface area contributed by atoms with Crippen LogP contribution in [0.4, 0.5) is 0 Å². The monoisotopic (exact) mass is 924 g/mol. The molecule has 358 valence electrons. The second-order valence-corrected chi connectivity index (χ2v) is 16.2. The van der Waals surface area contributed by atoms with E-state index in [1.165, 1.54) is 12.5 Å². The predicted octanol–water partition coefficient (Wildman–Crippen LogP) is -1.53. The van der Waals surface area contributed by atoms with Crippen LogP contribution in [0.15, 0.2) is 78.3 Å². The number of nitrogens with one attached hydrogen (secondary N) is 9. The first-order chi connectivity index (χ1) is 32.2. The molecular weight excluding hydrogens is 865 g/mol. The minimum Gasteiger partial charge on any atom is -0.370 e. The van der Waals surface area contributed by atoms with Gasteiger partial charge in [-0.2, -0.15) is 0 Å². The van der Waals surface area contributed by atoms with E-state index < -0.39 is 83.5 Å². The number of nitrogens with two attached hydrogens (primary N) is 3. The Hall–Kier alpha value is -7.78. The molecule has 0 aliphatic carbocycles. The van der Waals surface area contributed by atoms with Crippen molar-refractivity contribution in [2.45, 2.75) is 107 Å². The van der Waals surface area contributed by atoms with E-state index in [9.17, 15) is 38.4 Å². The van der Waals surface area contributed by atoms with Crippen molar-refractivity contribution < 1.29 is 38.4 Å². The van der Waals surface area contributed by atoms with Crippen molar-refractivity contribution in [3.63, 3.8) is 0 Å². The standard InChI is InChI=1S/C45H60N14O8/c1-2-9-38(61)54-32-15-16-37(60)50-19-17-33(42(65)57-34(39(46)62)21-27-23-52-30-13-7-6-12-29(27)30)56-40(63)31(14-8-18-51-45(47)48)55-43(66)35(20-26-10-4-3-5-11-26)58-44(67)36(59-41(32)64)22-28-24-49-25-53-28/h3-7,10-13,23-25,31-36,52H,2,8-9,14-22H2,1H3,(H2,46,62)(H,49,53)(H,50,60)(H,54,61)(H,55,66)(H,56,63)(H,57,65)(H,58,67)(H,59,64)(H4,47,48,51)/t31-,32-,33-,34-,35?,36-/m0/s1. The highest BCUT2D eigenvalue weighted by molar-refractivity contribution is 5.97. The van der Waals surface area contributed by atoms with Gasteiger partial charge in [0.1, 0.15) is 36.3 Å². The number of aromatic amines is 2. The lowest BCUT2D eigenvalue weighted by Gasteiger charge is -2.27. The van der Waals surface area contributed by atoms with Crippen LogP contribution in [0.1, 0.15) is 68.7 Å². The summed E-state index contributed by atoms with van der Waals surface area (Å²) < 4.78 is 0. The predicted molar refractivity (Wildman–Crippen MR) is 247 cm³/mol. The number of carbonyl (C=O) groups is 8. The van der Waals surface area contributed by atoms with Gasteiger partial charge in [-0.15, -0.1) is 0 Å². The van der Waals surface area contributed by atoms with Crippen LogP contribution in [0.3, 0.4) is 0 Å². The van der Waals surface area contributed by atoms with E-state index in [0.29, 0.717) is 23.2 Å². The van der Waals surface area contributed by atoms with Crippen LogP contribution in [0.5, 0.6) is 0 Å². The summed E-state index contributed by atoms with van der Waals surface area (Å²) in [7, 11) is 0. The van der Waals surface area contributed by atoms with Crippen molar-refractivity contribution in [3.05, 3.63) is 90.1 Å². The fourth-order valence-corrected chi connectivity index (χ4v) is 7.51. The van der Waals surface area contributed by atoms with E-state index in [0.717, 1.165) is 10.9 Å². The molecule has 1 fully saturated rings. The topological polar surface area (TPSA) is 356 Å². The first-order valence-electron chi connectivity index (χ1n) is 22.2. The quantitative estimate of drug-likeness (QED) is 0.0347. The Bertz CT molecular complexity index is 2370. The van der Waals surface area contributed by atoms with Gasteiger partial charge in [0.25, 0.3) is 0 Å². The van der Waals surface area contributed by atoms with Gasteiger partial charge in [-0.25, -0.2) is 4.98 Å². The summed E-state index contributed by atoms with van der Waals surface area (Å²) in [5.41, 5.74) is 19.5. The van der Waals surface area contributed by atoms with Crippen LogP contribution in [0.2, 0.25) is 0 Å². The number of H-pyrrole nitrogens is 2. The van der Waals surface area contributed by atoms with Crippen molar-refractivity contribution in [3.8, 4) is 0 Å². The molecular formula is C45H60N14O8. The zero-order chi connectivity index (χ0) is 48.3. The molecule has 6 atom stereocenters. The highest BCUT2D eigenvalue weighted by Crippen LogP contribution is 2.19. The molecule has 0 saturated carbocycles. The molecule has 22 heteroatoms. The van der Waals surface area contributed by atoms with Gasteiger partial charge in [-0.3, -0.25) is 43.3 Å². The Balaban J connectivity index is 1.49. The molecule has 0 radical (unpaired) electrons. The second kappa shape index (κ2) is 25.1. The van der Waals surface area contributed by atoms with Crippen LogP contribution in [-0.2, 0) is 57.6 Å². The largest absolute Gasteiger partial charge is 0.370 e. The normalized spacial score (nSPS) is 20.6. The number of hydrogen-bond donors (Lipinski definition) is 12. The smallest absolute Gasteiger partial charge is 0.243 e. The Kier molecular flexibility index (Phi) is 18.8. The molecule has 4 aromatic rings. The molecule has 1 saturated heterocycles. The van der Waals surface area contributed by atoms with Gasteiger partial charge < -0.3 is 64.4 Å². The maximum atomic E-state index is 14.4. The minimum atomic E-state index is -1.40. The first-order valence-corrected chi connectivity index (χ1v) is 22.2. The fourth-order valence-electron chi connectivity index (χ4n) is 7.51. The molecule has 2 aromatic heterocycles. The molecule has 0 bridgehead atoms. The zero-order valence-corrected chi connectivity index (χ0v) is 37.3. The molecule has 1 aliphatic heterocycles. The average Bonchev–Trinajstić information content (AvgIpc) is 3.97. The summed E-state index contributed by atoms with van der Waals surface area (Å²) in [5, 5.41) is 19.7. The van der Waals surface area contributed by atoms with Gasteiger partial charge in [0.15, 0.2) is 5.96 Å². The number of para-hydroxylation sites is 1. The number of carbonyl (C=O) groups excluding carboxylic acids is 8. The molecule has 3 heterocycles. The summed E-state index contributed by atoms with van der Waals surface area (Å²) in [5.74, 6) is -5.99. The summed E-state index contributed by atoms with van der Waals surface area (Å²) in [6, 6.07) is 8.28. The van der Waals surface area contributed by atoms with Crippen LogP contribution >= 0.6 is 0 Å². The third-order valence-electron chi connectivity index (χ3n) is 11.0. The third kappa shape index (κ3) is 15.7. The van der Waals surface area contributed by atoms with Gasteiger partial charge in [0.05, 0.1) is 6.33 Å². The third-order valence-corrected chi connectivity index (χ3v) is 11.0. The highest BCUT2D eigenvalue weighted by Gasteiger charge is 2.34. The molecule has 0 spiro atoms. The molecule has 8 amide bonds. The van der Waals surface area contributed by atoms with Crippen molar-refractivity contribution in [2.24, 2.45) is 22.2 Å². The minimum absolute atomic E-state index is 0.00672. The van der Waals surface area contributed by atoms with Crippen molar-refractivity contribution in [1.29, 1.82) is 0 Å². The van der Waals surface area contributed by atoms with E-state index in [1.54, 1.807) is 43.5 Å². The van der Waals surface area contributed by atoms with Gasteiger partial charge in [-0.05, 0) is 49.3 Å². The summed E-state index contributed by atoms with van der Waals surface area (Å²) in [4.78, 5) is 124. The lowest BCUT2D eigenvalue weighted by molar-refractivity contribution is -0.135. The number of hydrogen-bond acceptors (Lipinski definition) is 10. The first kappa shape index (κ1) is 50.2. The fraction of sp³-hybridized carbons (Fsp3) is 0.422. The van der Waals surface area contributed by atoms with E-state index >= 15 is 0 Å². The molecule has 22 nitrogen and oxygen atoms in total. The van der Waals surface area contributed by atoms with E-state index in [1.807, 2.05) is 24.3 Å². The zero-order valence-electron chi connectivity index (χ0n) is 37.3. The molecule has 2 aromatic carbocycles. The van der Waals surface area contributed by atoms with Crippen LogP contribution in [0.25, 0.3) is 10.9 Å². The number of amides is 8. The number of imidazole rings is 1. The van der Waals surface area contributed by atoms with Crippen LogP contribution < -0.4 is 54.4 Å². The number of guanidine groups is 1. The lowest BCUT2D eigenvalue weighted by atomic mass is 10.0. The van der Waals surface area contributed by atoms with E-state index in [2.05, 4.69) is 57.2 Å². The molecule has 15 N–H and O–H groups in total. The number of benzene rings is 2. The average molecular weight is 925 g/mol. The molecule has 5 rings (SSSR count). The SMILES string of the molecule is CCCC(=O)N[C@H]1CCC(=O)NCC[C@@H](C(=O)N[C@@H](Cc2c[nH]c3ccccc23)C(N)=O)NC(=O)[C@H](CCCN=C(N)N)NC(=O)C(Cc2ccccc2)NC(=O)[C@H](Cc2cnc[nH]2)NC1=O. The van der Waals surface area contributed by atoms with E-state index in [4.69, 9.17) is 17.2 Å². The van der Waals surface area contributed by atoms with Crippen molar-refractivity contribution in [1.82, 2.24) is 52.2 Å². The Morgan fingerprint density at radius 3 is 2.21 bits per heavy atom. The maximum Gasteiger partial charge on any atom is 0.243 e. The summed E-state index contributed by atoms with van der Waals surface area (Å²) in [6.07, 6.45) is 4.47. The Morgan fingerprint density at radius 1 is 0.821 bits per heavy atom. The molecule has 1 aliphatic rings. The number of fused-ring (bicyclic) bond motifs is 1. The Morgan fingerprint density at radius 2 is 1.51 bits per heavy atom. The van der Waals surface area contributed by atoms with Crippen molar-refractivity contribution >= 4 is 64.1 Å². The van der Waals surface area contributed by atoms with Gasteiger partial charge in [0.2, 0.25) is 47.3 Å². The van der Waals surface area contributed by atoms with Gasteiger partial charge in [0, 0.05) is 74.2 Å². The Labute approximate surface area is 386 Å². The maximum absolute atomic E-state index is 14.4. The number of nitrogens with zero attached hydrogens (tertiary/aromatic N) is 2. The molecule has 67 heavy (non-hydrogen) atoms. The van der Waals surface area contributed by atoms with Crippen LogP contribution in [-0.4, -0.2) is 118 Å². The number of aliphatic imine (C=N–C) groups is 1. The van der Waals surface area contributed by atoms with E-state index in [-0.39, 0.29) is 76.8 Å². The summed E-state index contributed by atoms with van der Waals surface area (Å²) >= 11 is 0. The summed E-state index contributed by atoms with van der Waals surface area (Å²) in [6.45, 7) is 1.69. The van der Waals surface area contributed by atoms with Crippen molar-refractivity contribution in [2.75, 3.05) is 13.1 Å². The number of aromatic nitrogens is 3. The lowest BCUT2D eigenvalue weighted by Crippen LogP contribution is -2.60. The second-order valence-electron chi connectivity index (χ2n) is 16.2. The number of rotatable bonds is 16. The van der Waals surface area contributed by atoms with Gasteiger partial charge >= 0.3 is 0 Å². The van der Waals surface area contributed by atoms with Crippen LogP contribution in [0, 0.1) is 0 Å². The van der Waals surface area contributed by atoms with Gasteiger partial charge in [-0.1, -0.05) is 55.5 Å².